The van der Waals surface area contributed by atoms with Gasteiger partial charge in [0, 0.05) is 0 Å². The van der Waals surface area contributed by atoms with Gasteiger partial charge in [-0.1, -0.05) is 32.4 Å². The second kappa shape index (κ2) is 8.57. The van der Waals surface area contributed by atoms with Crippen LogP contribution in [-0.4, -0.2) is 19.2 Å². The first kappa shape index (κ1) is 19.0. The second-order valence-corrected chi connectivity index (χ2v) is 5.50. The molecule has 4 nitrogen and oxygen atoms in total. The van der Waals surface area contributed by atoms with E-state index in [-0.39, 0.29) is 6.61 Å². The van der Waals surface area contributed by atoms with E-state index in [4.69, 9.17) is 9.47 Å². The molecule has 1 unspecified atom stereocenters. The number of rotatable bonds is 8. The van der Waals surface area contributed by atoms with Gasteiger partial charge in [-0.2, -0.15) is 5.26 Å². The van der Waals surface area contributed by atoms with Crippen LogP contribution in [0.5, 0.6) is 5.75 Å². The summed E-state index contributed by atoms with van der Waals surface area (Å²) >= 11 is 0. The molecule has 126 valence electrons. The molecule has 1 aromatic carbocycles. The van der Waals surface area contributed by atoms with Gasteiger partial charge in [0.1, 0.15) is 5.75 Å². The summed E-state index contributed by atoms with van der Waals surface area (Å²) in [5, 5.41) is 9.84. The van der Waals surface area contributed by atoms with Crippen molar-refractivity contribution in [1.29, 1.82) is 5.26 Å². The van der Waals surface area contributed by atoms with Crippen molar-refractivity contribution in [3.63, 3.8) is 0 Å². The van der Waals surface area contributed by atoms with Gasteiger partial charge in [0.05, 0.1) is 19.3 Å². The molecule has 0 saturated heterocycles. The first-order valence-electron chi connectivity index (χ1n) is 8.36. The standard InChI is InChI=1S/C19H27NO3/c1-6-12-19(13-20,18(21)23-9-4)16-11-10-15(7-2)17(14(16)5)22-8-3/h10-11H,6-9,12H2,1-5H3. The van der Waals surface area contributed by atoms with E-state index in [1.807, 2.05) is 32.9 Å². The van der Waals surface area contributed by atoms with Crippen LogP contribution in [0.2, 0.25) is 0 Å². The maximum Gasteiger partial charge on any atom is 0.331 e. The van der Waals surface area contributed by atoms with Crippen LogP contribution < -0.4 is 4.74 Å². The SMILES string of the molecule is CCCC(C#N)(C(=O)OCC)c1ccc(CC)c(OCC)c1C. The highest BCUT2D eigenvalue weighted by atomic mass is 16.5. The Balaban J connectivity index is 3.57. The zero-order chi connectivity index (χ0) is 17.5. The third-order valence-electron chi connectivity index (χ3n) is 4.06. The van der Waals surface area contributed by atoms with E-state index in [1.54, 1.807) is 6.92 Å². The van der Waals surface area contributed by atoms with Crippen molar-refractivity contribution >= 4 is 5.97 Å². The summed E-state index contributed by atoms with van der Waals surface area (Å²) in [6.07, 6.45) is 1.98. The van der Waals surface area contributed by atoms with E-state index in [0.717, 1.165) is 23.3 Å². The average molecular weight is 317 g/mol. The van der Waals surface area contributed by atoms with Crippen molar-refractivity contribution < 1.29 is 14.3 Å². The van der Waals surface area contributed by atoms with Gasteiger partial charge in [-0.05, 0) is 50.3 Å². The molecule has 0 bridgehead atoms. The number of hydrogen-bond acceptors (Lipinski definition) is 4. The van der Waals surface area contributed by atoms with Gasteiger partial charge < -0.3 is 9.47 Å². The van der Waals surface area contributed by atoms with Crippen molar-refractivity contribution in [2.75, 3.05) is 13.2 Å². The van der Waals surface area contributed by atoms with Crippen LogP contribution >= 0.6 is 0 Å². The highest BCUT2D eigenvalue weighted by molar-refractivity contribution is 5.87. The Morgan fingerprint density at radius 3 is 2.39 bits per heavy atom. The third-order valence-corrected chi connectivity index (χ3v) is 4.06. The van der Waals surface area contributed by atoms with Crippen molar-refractivity contribution in [3.05, 3.63) is 28.8 Å². The fraction of sp³-hybridized carbons (Fsp3) is 0.579. The number of carbonyl (C=O) groups is 1. The number of benzene rings is 1. The maximum absolute atomic E-state index is 12.6. The molecule has 0 radical (unpaired) electrons. The molecule has 23 heavy (non-hydrogen) atoms. The summed E-state index contributed by atoms with van der Waals surface area (Å²) in [6, 6.07) is 6.07. The Bertz CT molecular complexity index is 589. The third kappa shape index (κ3) is 3.67. The number of hydrogen-bond donors (Lipinski definition) is 0. The van der Waals surface area contributed by atoms with E-state index in [2.05, 4.69) is 13.0 Å². The number of nitriles is 1. The van der Waals surface area contributed by atoms with Crippen molar-refractivity contribution in [2.24, 2.45) is 0 Å². The molecule has 0 fully saturated rings. The minimum Gasteiger partial charge on any atom is -0.493 e. The predicted octanol–water partition coefficient (Wildman–Crippen LogP) is 4.08. The van der Waals surface area contributed by atoms with Crippen LogP contribution in [0.25, 0.3) is 0 Å². The minimum atomic E-state index is -1.27. The van der Waals surface area contributed by atoms with E-state index >= 15 is 0 Å². The molecule has 0 heterocycles. The van der Waals surface area contributed by atoms with Gasteiger partial charge in [-0.25, -0.2) is 4.79 Å². The van der Waals surface area contributed by atoms with Crippen LogP contribution in [0.15, 0.2) is 12.1 Å². The van der Waals surface area contributed by atoms with Crippen molar-refractivity contribution in [3.8, 4) is 11.8 Å². The number of ether oxygens (including phenoxy) is 2. The van der Waals surface area contributed by atoms with E-state index in [9.17, 15) is 10.1 Å². The Hall–Kier alpha value is -2.02. The quantitative estimate of drug-likeness (QED) is 0.678. The summed E-state index contributed by atoms with van der Waals surface area (Å²) in [6.45, 7) is 10.4. The molecule has 1 rings (SSSR count). The average Bonchev–Trinajstić information content (AvgIpc) is 2.55. The van der Waals surface area contributed by atoms with Gasteiger partial charge in [-0.3, -0.25) is 0 Å². The molecule has 1 aromatic rings. The molecular weight excluding hydrogens is 290 g/mol. The second-order valence-electron chi connectivity index (χ2n) is 5.50. The monoisotopic (exact) mass is 317 g/mol. The van der Waals surface area contributed by atoms with Gasteiger partial charge in [0.15, 0.2) is 5.41 Å². The molecule has 1 atom stereocenters. The number of aryl methyl sites for hydroxylation is 1. The van der Waals surface area contributed by atoms with Crippen LogP contribution in [0.1, 0.15) is 57.2 Å². The highest BCUT2D eigenvalue weighted by Gasteiger charge is 2.43. The predicted molar refractivity (Wildman–Crippen MR) is 90.6 cm³/mol. The van der Waals surface area contributed by atoms with Gasteiger partial charge in [0.25, 0.3) is 0 Å². The first-order chi connectivity index (χ1) is 11.0. The lowest BCUT2D eigenvalue weighted by atomic mass is 9.75. The Morgan fingerprint density at radius 1 is 1.22 bits per heavy atom. The normalized spacial score (nSPS) is 13.0. The molecule has 4 heteroatoms. The number of nitrogens with zero attached hydrogens (tertiary/aromatic N) is 1. The van der Waals surface area contributed by atoms with E-state index in [1.165, 1.54) is 0 Å². The van der Waals surface area contributed by atoms with Crippen molar-refractivity contribution in [2.45, 2.75) is 59.3 Å². The Morgan fingerprint density at radius 2 is 1.91 bits per heavy atom. The summed E-state index contributed by atoms with van der Waals surface area (Å²) in [5.74, 6) is 0.312. The first-order valence-corrected chi connectivity index (χ1v) is 8.36. The van der Waals surface area contributed by atoms with Crippen LogP contribution in [-0.2, 0) is 21.4 Å². The molecule has 0 amide bonds. The lowest BCUT2D eigenvalue weighted by Gasteiger charge is -2.27. The zero-order valence-corrected chi connectivity index (χ0v) is 14.9. The van der Waals surface area contributed by atoms with Crippen LogP contribution in [0.3, 0.4) is 0 Å². The fourth-order valence-electron chi connectivity index (χ4n) is 2.97. The summed E-state index contributed by atoms with van der Waals surface area (Å²) < 4.78 is 11.0. The van der Waals surface area contributed by atoms with Gasteiger partial charge >= 0.3 is 5.97 Å². The van der Waals surface area contributed by atoms with E-state index < -0.39 is 11.4 Å². The zero-order valence-electron chi connectivity index (χ0n) is 14.9. The van der Waals surface area contributed by atoms with Gasteiger partial charge in [-0.15, -0.1) is 0 Å². The molecule has 0 aliphatic heterocycles. The van der Waals surface area contributed by atoms with Crippen LogP contribution in [0.4, 0.5) is 0 Å². The summed E-state index contributed by atoms with van der Waals surface area (Å²) in [7, 11) is 0. The molecule has 0 saturated carbocycles. The molecule has 0 aliphatic carbocycles. The minimum absolute atomic E-state index is 0.260. The smallest absolute Gasteiger partial charge is 0.331 e. The van der Waals surface area contributed by atoms with E-state index in [0.29, 0.717) is 25.0 Å². The fourth-order valence-corrected chi connectivity index (χ4v) is 2.97. The number of carbonyl (C=O) groups excluding carboxylic acids is 1. The number of esters is 1. The molecule has 0 N–H and O–H groups in total. The maximum atomic E-state index is 12.6. The molecule has 0 spiro atoms. The van der Waals surface area contributed by atoms with Gasteiger partial charge in [0.2, 0.25) is 0 Å². The Kier molecular flexibility index (Phi) is 7.09. The highest BCUT2D eigenvalue weighted by Crippen LogP contribution is 2.38. The summed E-state index contributed by atoms with van der Waals surface area (Å²) in [5.41, 5.74) is 1.36. The Labute approximate surface area is 139 Å². The molecule has 0 aromatic heterocycles. The van der Waals surface area contributed by atoms with Crippen molar-refractivity contribution in [1.82, 2.24) is 0 Å². The van der Waals surface area contributed by atoms with Crippen LogP contribution in [0, 0.1) is 18.3 Å². The lowest BCUT2D eigenvalue weighted by Crippen LogP contribution is -2.37. The topological polar surface area (TPSA) is 59.3 Å². The molecular formula is C19H27NO3. The largest absolute Gasteiger partial charge is 0.493 e. The lowest BCUT2D eigenvalue weighted by molar-refractivity contribution is -0.148. The molecule has 0 aliphatic rings. The summed E-state index contributed by atoms with van der Waals surface area (Å²) in [4.78, 5) is 12.6.